The van der Waals surface area contributed by atoms with Crippen LogP contribution in [0.25, 0.3) is 0 Å². The zero-order valence-corrected chi connectivity index (χ0v) is 12.1. The van der Waals surface area contributed by atoms with E-state index in [-0.39, 0.29) is 22.6 Å². The van der Waals surface area contributed by atoms with Crippen LogP contribution in [0.2, 0.25) is 0 Å². The van der Waals surface area contributed by atoms with Gasteiger partial charge < -0.3 is 5.32 Å². The number of nitrogens with zero attached hydrogens (tertiary/aromatic N) is 2. The molecular weight excluding hydrogens is 242 g/mol. The summed E-state index contributed by atoms with van der Waals surface area (Å²) in [5.41, 5.74) is 1.44. The highest BCUT2D eigenvalue weighted by Gasteiger charge is 2.28. The minimum Gasteiger partial charge on any atom is -0.314 e. The normalized spacial score (nSPS) is 14.1. The van der Waals surface area contributed by atoms with Gasteiger partial charge in [0.15, 0.2) is 0 Å². The topological polar surface area (TPSA) is 68.1 Å². The van der Waals surface area contributed by atoms with Crippen molar-refractivity contribution in [1.82, 2.24) is 10.3 Å². The van der Waals surface area contributed by atoms with Gasteiger partial charge in [0, 0.05) is 23.7 Å². The Morgan fingerprint density at radius 3 is 2.68 bits per heavy atom. The van der Waals surface area contributed by atoms with Crippen molar-refractivity contribution in [3.8, 4) is 0 Å². The first-order valence-corrected chi connectivity index (χ1v) is 6.86. The largest absolute Gasteiger partial charge is 0.314 e. The van der Waals surface area contributed by atoms with E-state index in [1.54, 1.807) is 19.2 Å². The van der Waals surface area contributed by atoms with Crippen molar-refractivity contribution in [2.24, 2.45) is 0 Å². The Morgan fingerprint density at radius 1 is 1.47 bits per heavy atom. The summed E-state index contributed by atoms with van der Waals surface area (Å²) in [4.78, 5) is 15.2. The molecule has 2 unspecified atom stereocenters. The smallest absolute Gasteiger partial charge is 0.293 e. The first-order chi connectivity index (χ1) is 9.02. The predicted molar refractivity (Wildman–Crippen MR) is 76.4 cm³/mol. The van der Waals surface area contributed by atoms with Crippen molar-refractivity contribution >= 4 is 5.69 Å². The number of nitrogens with one attached hydrogen (secondary N) is 1. The second-order valence-electron chi connectivity index (χ2n) is 4.88. The average molecular weight is 265 g/mol. The molecule has 2 atom stereocenters. The van der Waals surface area contributed by atoms with E-state index in [1.165, 1.54) is 0 Å². The summed E-state index contributed by atoms with van der Waals surface area (Å²) >= 11 is 0. The zero-order chi connectivity index (χ0) is 14.4. The fourth-order valence-corrected chi connectivity index (χ4v) is 2.38. The number of aromatic nitrogens is 1. The summed E-state index contributed by atoms with van der Waals surface area (Å²) in [6, 6.07) is 1.87. The Labute approximate surface area is 114 Å². The van der Waals surface area contributed by atoms with E-state index < -0.39 is 0 Å². The molecule has 0 aliphatic heterocycles. The highest BCUT2D eigenvalue weighted by molar-refractivity contribution is 5.45. The number of hydrogen-bond donors (Lipinski definition) is 1. The molecule has 0 aromatic carbocycles. The predicted octanol–water partition coefficient (Wildman–Crippen LogP) is 3.18. The highest BCUT2D eigenvalue weighted by atomic mass is 16.6. The van der Waals surface area contributed by atoms with Gasteiger partial charge in [-0.1, -0.05) is 13.8 Å². The zero-order valence-electron chi connectivity index (χ0n) is 12.1. The van der Waals surface area contributed by atoms with Gasteiger partial charge in [0.1, 0.15) is 5.69 Å². The van der Waals surface area contributed by atoms with Crippen LogP contribution in [0.15, 0.2) is 12.3 Å². The molecule has 1 aromatic heterocycles. The van der Waals surface area contributed by atoms with Crippen LogP contribution >= 0.6 is 0 Å². The van der Waals surface area contributed by atoms with Gasteiger partial charge in [-0.25, -0.2) is 0 Å². The third kappa shape index (κ3) is 3.73. The summed E-state index contributed by atoms with van der Waals surface area (Å²) in [5.74, 6) is 0.0619. The van der Waals surface area contributed by atoms with Crippen LogP contribution in [0.1, 0.15) is 50.8 Å². The van der Waals surface area contributed by atoms with E-state index in [0.717, 1.165) is 19.4 Å². The Bertz CT molecular complexity index is 435. The first-order valence-electron chi connectivity index (χ1n) is 6.86. The second kappa shape index (κ2) is 7.19. The molecule has 1 rings (SSSR count). The molecule has 19 heavy (non-hydrogen) atoms. The van der Waals surface area contributed by atoms with Crippen molar-refractivity contribution in [2.45, 2.75) is 52.5 Å². The van der Waals surface area contributed by atoms with Crippen LogP contribution in [-0.2, 0) is 0 Å². The van der Waals surface area contributed by atoms with E-state index in [0.29, 0.717) is 11.3 Å². The number of rotatable bonds is 7. The van der Waals surface area contributed by atoms with Crippen molar-refractivity contribution in [2.75, 3.05) is 6.54 Å². The van der Waals surface area contributed by atoms with Crippen LogP contribution in [0.3, 0.4) is 0 Å². The summed E-state index contributed by atoms with van der Waals surface area (Å²) in [7, 11) is 0. The standard InChI is InChI=1S/C14H23N3O2/c1-5-8-15-11(4)12(6-2)13-14(17(18)19)10(3)7-9-16-13/h7,9,11-12,15H,5-6,8H2,1-4H3. The van der Waals surface area contributed by atoms with E-state index in [1.807, 2.05) is 6.92 Å². The second-order valence-corrected chi connectivity index (χ2v) is 4.88. The number of hydrogen-bond acceptors (Lipinski definition) is 4. The molecule has 0 spiro atoms. The molecule has 5 nitrogen and oxygen atoms in total. The first kappa shape index (κ1) is 15.6. The quantitative estimate of drug-likeness (QED) is 0.607. The Kier molecular flexibility index (Phi) is 5.89. The maximum Gasteiger partial charge on any atom is 0.293 e. The fraction of sp³-hybridized carbons (Fsp3) is 0.643. The van der Waals surface area contributed by atoms with Gasteiger partial charge in [-0.3, -0.25) is 15.1 Å². The molecule has 1 aromatic rings. The van der Waals surface area contributed by atoms with Gasteiger partial charge in [0.25, 0.3) is 5.69 Å². The lowest BCUT2D eigenvalue weighted by molar-refractivity contribution is -0.386. The minimum atomic E-state index is -0.313. The maximum atomic E-state index is 11.2. The Balaban J connectivity index is 3.11. The van der Waals surface area contributed by atoms with Crippen LogP contribution in [0.4, 0.5) is 5.69 Å². The molecule has 0 bridgehead atoms. The average Bonchev–Trinajstić information content (AvgIpc) is 2.36. The van der Waals surface area contributed by atoms with Gasteiger partial charge in [0.05, 0.1) is 4.92 Å². The Morgan fingerprint density at radius 2 is 2.16 bits per heavy atom. The lowest BCUT2D eigenvalue weighted by Crippen LogP contribution is -2.33. The van der Waals surface area contributed by atoms with E-state index in [9.17, 15) is 10.1 Å². The summed E-state index contributed by atoms with van der Waals surface area (Å²) < 4.78 is 0. The van der Waals surface area contributed by atoms with Crippen molar-refractivity contribution in [3.63, 3.8) is 0 Å². The monoisotopic (exact) mass is 265 g/mol. The molecule has 0 saturated heterocycles. The fourth-order valence-electron chi connectivity index (χ4n) is 2.38. The number of pyridine rings is 1. The molecule has 0 aliphatic carbocycles. The molecular formula is C14H23N3O2. The Hall–Kier alpha value is -1.49. The summed E-state index contributed by atoms with van der Waals surface area (Å²) in [6.45, 7) is 8.89. The van der Waals surface area contributed by atoms with Gasteiger partial charge in [0.2, 0.25) is 0 Å². The van der Waals surface area contributed by atoms with Crippen molar-refractivity contribution in [1.29, 1.82) is 0 Å². The van der Waals surface area contributed by atoms with Crippen molar-refractivity contribution in [3.05, 3.63) is 33.6 Å². The lowest BCUT2D eigenvalue weighted by atomic mass is 9.92. The summed E-state index contributed by atoms with van der Waals surface area (Å²) in [6.07, 6.45) is 3.53. The van der Waals surface area contributed by atoms with Crippen LogP contribution in [-0.4, -0.2) is 22.5 Å². The van der Waals surface area contributed by atoms with E-state index in [2.05, 4.69) is 24.1 Å². The van der Waals surface area contributed by atoms with Gasteiger partial charge >= 0.3 is 0 Å². The maximum absolute atomic E-state index is 11.2. The summed E-state index contributed by atoms with van der Waals surface area (Å²) in [5, 5.41) is 14.6. The van der Waals surface area contributed by atoms with Gasteiger partial charge in [-0.15, -0.1) is 0 Å². The minimum absolute atomic E-state index is 0.0619. The number of aryl methyl sites for hydroxylation is 1. The van der Waals surface area contributed by atoms with Crippen molar-refractivity contribution < 1.29 is 4.92 Å². The number of nitro groups is 1. The molecule has 0 aliphatic rings. The molecule has 1 heterocycles. The third-order valence-corrected chi connectivity index (χ3v) is 3.45. The van der Waals surface area contributed by atoms with E-state index >= 15 is 0 Å². The molecule has 0 saturated carbocycles. The molecule has 0 fully saturated rings. The third-order valence-electron chi connectivity index (χ3n) is 3.45. The van der Waals surface area contributed by atoms with Crippen LogP contribution in [0.5, 0.6) is 0 Å². The lowest BCUT2D eigenvalue weighted by Gasteiger charge is -2.23. The highest BCUT2D eigenvalue weighted by Crippen LogP contribution is 2.31. The van der Waals surface area contributed by atoms with Gasteiger partial charge in [-0.2, -0.15) is 0 Å². The van der Waals surface area contributed by atoms with E-state index in [4.69, 9.17) is 0 Å². The molecule has 0 radical (unpaired) electrons. The van der Waals surface area contributed by atoms with Crippen LogP contribution in [0, 0.1) is 17.0 Å². The van der Waals surface area contributed by atoms with Crippen LogP contribution < -0.4 is 5.32 Å². The SMILES string of the molecule is CCCNC(C)C(CC)c1nccc(C)c1[N+](=O)[O-]. The molecule has 5 heteroatoms. The molecule has 1 N–H and O–H groups in total. The van der Waals surface area contributed by atoms with Gasteiger partial charge in [-0.05, 0) is 39.3 Å². The molecule has 0 amide bonds. The molecule has 106 valence electrons.